The highest BCUT2D eigenvalue weighted by molar-refractivity contribution is 6.35. The summed E-state index contributed by atoms with van der Waals surface area (Å²) in [6.45, 7) is 2.14. The van der Waals surface area contributed by atoms with Gasteiger partial charge in [0.25, 0.3) is 0 Å². The van der Waals surface area contributed by atoms with E-state index in [0.29, 0.717) is 22.2 Å². The number of nitrogens with zero attached hydrogens (tertiary/aromatic N) is 1. The Morgan fingerprint density at radius 1 is 1.26 bits per heavy atom. The Kier molecular flexibility index (Phi) is 7.10. The van der Waals surface area contributed by atoms with Gasteiger partial charge in [0.15, 0.2) is 0 Å². The van der Waals surface area contributed by atoms with Crippen molar-refractivity contribution < 1.29 is 5.11 Å². The van der Waals surface area contributed by atoms with Crippen LogP contribution in [0.3, 0.4) is 0 Å². The zero-order valence-corrected chi connectivity index (χ0v) is 14.7. The zero-order chi connectivity index (χ0) is 16.7. The highest BCUT2D eigenvalue weighted by atomic mass is 35.5. The van der Waals surface area contributed by atoms with Crippen LogP contribution in [0.1, 0.15) is 43.5 Å². The Morgan fingerprint density at radius 3 is 2.74 bits per heavy atom. The first kappa shape index (κ1) is 18.0. The van der Waals surface area contributed by atoms with E-state index < -0.39 is 6.10 Å². The van der Waals surface area contributed by atoms with E-state index in [4.69, 9.17) is 23.2 Å². The standard InChI is InChI=1S/C19H21Cl2NO/c1-2-3-6-15(19(23)18-7-4-5-12-22-18)9-8-14-10-11-16(20)13-17(14)21/h4-5,7,9-13,19,23H,2-3,6,8H2,1H3. The predicted octanol–water partition coefficient (Wildman–Crippen LogP) is 5.78. The van der Waals surface area contributed by atoms with Crippen LogP contribution in [0.25, 0.3) is 0 Å². The number of aliphatic hydroxyl groups is 1. The maximum atomic E-state index is 10.6. The van der Waals surface area contributed by atoms with Gasteiger partial charge in [0.1, 0.15) is 6.10 Å². The van der Waals surface area contributed by atoms with Gasteiger partial charge in [0.05, 0.1) is 5.69 Å². The van der Waals surface area contributed by atoms with Crippen LogP contribution < -0.4 is 0 Å². The molecule has 2 rings (SSSR count). The van der Waals surface area contributed by atoms with E-state index in [1.165, 1.54) is 0 Å². The van der Waals surface area contributed by atoms with Crippen LogP contribution >= 0.6 is 23.2 Å². The molecule has 1 heterocycles. The maximum Gasteiger partial charge on any atom is 0.117 e. The van der Waals surface area contributed by atoms with Gasteiger partial charge in [0, 0.05) is 16.2 Å². The van der Waals surface area contributed by atoms with Gasteiger partial charge < -0.3 is 5.11 Å². The number of unbranched alkanes of at least 4 members (excludes halogenated alkanes) is 1. The summed E-state index contributed by atoms with van der Waals surface area (Å²) >= 11 is 12.2. The molecule has 0 amide bonds. The summed E-state index contributed by atoms with van der Waals surface area (Å²) in [4.78, 5) is 4.26. The number of allylic oxidation sites excluding steroid dienone is 1. The summed E-state index contributed by atoms with van der Waals surface area (Å²) in [5.74, 6) is 0. The van der Waals surface area contributed by atoms with Crippen molar-refractivity contribution >= 4 is 23.2 Å². The van der Waals surface area contributed by atoms with Gasteiger partial charge in [-0.25, -0.2) is 0 Å². The molecule has 0 aliphatic rings. The third-order valence-electron chi connectivity index (χ3n) is 3.74. The lowest BCUT2D eigenvalue weighted by molar-refractivity contribution is 0.205. The monoisotopic (exact) mass is 349 g/mol. The highest BCUT2D eigenvalue weighted by Gasteiger charge is 2.14. The largest absolute Gasteiger partial charge is 0.382 e. The molecule has 0 aliphatic heterocycles. The van der Waals surface area contributed by atoms with Crippen molar-refractivity contribution in [3.63, 3.8) is 0 Å². The normalized spacial score (nSPS) is 13.1. The van der Waals surface area contributed by atoms with Gasteiger partial charge in [-0.3, -0.25) is 4.98 Å². The van der Waals surface area contributed by atoms with E-state index in [0.717, 1.165) is 30.4 Å². The number of aromatic nitrogens is 1. The second kappa shape index (κ2) is 9.07. The molecule has 0 bridgehead atoms. The fourth-order valence-corrected chi connectivity index (χ4v) is 2.87. The molecule has 1 aromatic heterocycles. The van der Waals surface area contributed by atoms with Crippen molar-refractivity contribution in [3.05, 3.63) is 75.5 Å². The van der Waals surface area contributed by atoms with Crippen molar-refractivity contribution in [1.82, 2.24) is 4.98 Å². The summed E-state index contributed by atoms with van der Waals surface area (Å²) < 4.78 is 0. The molecule has 2 aromatic rings. The number of rotatable bonds is 7. The zero-order valence-electron chi connectivity index (χ0n) is 13.2. The number of halogens is 2. The van der Waals surface area contributed by atoms with Gasteiger partial charge in [-0.15, -0.1) is 0 Å². The van der Waals surface area contributed by atoms with E-state index in [2.05, 4.69) is 18.0 Å². The fourth-order valence-electron chi connectivity index (χ4n) is 2.39. The maximum absolute atomic E-state index is 10.6. The van der Waals surface area contributed by atoms with Gasteiger partial charge in [-0.05, 0) is 54.7 Å². The molecule has 1 unspecified atom stereocenters. The average molecular weight is 350 g/mol. The number of pyridine rings is 1. The first-order valence-corrected chi connectivity index (χ1v) is 8.59. The molecule has 0 fully saturated rings. The predicted molar refractivity (Wildman–Crippen MR) is 97.0 cm³/mol. The van der Waals surface area contributed by atoms with Crippen LogP contribution in [-0.2, 0) is 6.42 Å². The molecule has 1 N–H and O–H groups in total. The Labute approximate surface area is 147 Å². The van der Waals surface area contributed by atoms with E-state index in [1.54, 1.807) is 12.3 Å². The summed E-state index contributed by atoms with van der Waals surface area (Å²) in [7, 11) is 0. The van der Waals surface area contributed by atoms with E-state index >= 15 is 0 Å². The molecule has 2 nitrogen and oxygen atoms in total. The SMILES string of the molecule is CCCCC(=CCc1ccc(Cl)cc1Cl)C(O)c1ccccn1. The number of hydrogen-bond acceptors (Lipinski definition) is 2. The van der Waals surface area contributed by atoms with Crippen molar-refractivity contribution in [1.29, 1.82) is 0 Å². The second-order valence-corrected chi connectivity index (χ2v) is 6.32. The molecule has 23 heavy (non-hydrogen) atoms. The van der Waals surface area contributed by atoms with E-state index in [-0.39, 0.29) is 0 Å². The minimum Gasteiger partial charge on any atom is -0.382 e. The van der Waals surface area contributed by atoms with Crippen molar-refractivity contribution in [2.24, 2.45) is 0 Å². The van der Waals surface area contributed by atoms with Gasteiger partial charge >= 0.3 is 0 Å². The molecule has 0 spiro atoms. The Balaban J connectivity index is 2.19. The molecule has 0 aliphatic carbocycles. The molecule has 122 valence electrons. The van der Waals surface area contributed by atoms with E-state index in [1.807, 2.05) is 30.3 Å². The molecular formula is C19H21Cl2NO. The van der Waals surface area contributed by atoms with Crippen LogP contribution in [0.15, 0.2) is 54.2 Å². The number of aliphatic hydroxyl groups excluding tert-OH is 1. The Bertz CT molecular complexity index is 656. The minimum atomic E-state index is -0.672. The Hall–Kier alpha value is -1.35. The fraction of sp³-hybridized carbons (Fsp3) is 0.316. The van der Waals surface area contributed by atoms with Crippen LogP contribution in [-0.4, -0.2) is 10.1 Å². The first-order valence-electron chi connectivity index (χ1n) is 7.83. The third-order valence-corrected chi connectivity index (χ3v) is 4.32. The lowest BCUT2D eigenvalue weighted by atomic mass is 9.98. The molecule has 1 aromatic carbocycles. The van der Waals surface area contributed by atoms with Gasteiger partial charge in [0.2, 0.25) is 0 Å². The number of hydrogen-bond donors (Lipinski definition) is 1. The van der Waals surface area contributed by atoms with Crippen LogP contribution in [0.2, 0.25) is 10.0 Å². The smallest absolute Gasteiger partial charge is 0.117 e. The first-order chi connectivity index (χ1) is 11.1. The lowest BCUT2D eigenvalue weighted by Crippen LogP contribution is -2.04. The molecule has 0 saturated heterocycles. The van der Waals surface area contributed by atoms with Crippen molar-refractivity contribution in [2.75, 3.05) is 0 Å². The number of benzene rings is 1. The highest BCUT2D eigenvalue weighted by Crippen LogP contribution is 2.27. The summed E-state index contributed by atoms with van der Waals surface area (Å²) in [6.07, 6.45) is 6.71. The molecule has 0 saturated carbocycles. The lowest BCUT2D eigenvalue weighted by Gasteiger charge is -2.15. The van der Waals surface area contributed by atoms with Crippen molar-refractivity contribution in [2.45, 2.75) is 38.7 Å². The van der Waals surface area contributed by atoms with Gasteiger partial charge in [-0.2, -0.15) is 0 Å². The van der Waals surface area contributed by atoms with Crippen LogP contribution in [0.5, 0.6) is 0 Å². The summed E-state index contributed by atoms with van der Waals surface area (Å²) in [6, 6.07) is 11.1. The molecule has 1 atom stereocenters. The van der Waals surface area contributed by atoms with Crippen LogP contribution in [0.4, 0.5) is 0 Å². The van der Waals surface area contributed by atoms with E-state index in [9.17, 15) is 5.11 Å². The molecule has 4 heteroatoms. The third kappa shape index (κ3) is 5.35. The summed E-state index contributed by atoms with van der Waals surface area (Å²) in [5, 5.41) is 11.9. The van der Waals surface area contributed by atoms with Gasteiger partial charge in [-0.1, -0.05) is 54.8 Å². The minimum absolute atomic E-state index is 0.627. The Morgan fingerprint density at radius 2 is 2.09 bits per heavy atom. The summed E-state index contributed by atoms with van der Waals surface area (Å²) in [5.41, 5.74) is 2.66. The average Bonchev–Trinajstić information content (AvgIpc) is 2.56. The molecular weight excluding hydrogens is 329 g/mol. The second-order valence-electron chi connectivity index (χ2n) is 5.48. The topological polar surface area (TPSA) is 33.1 Å². The van der Waals surface area contributed by atoms with Crippen molar-refractivity contribution in [3.8, 4) is 0 Å². The van der Waals surface area contributed by atoms with Crippen LogP contribution in [0, 0.1) is 0 Å². The quantitative estimate of drug-likeness (QED) is 0.642. The molecule has 0 radical (unpaired) electrons.